The summed E-state index contributed by atoms with van der Waals surface area (Å²) in [7, 11) is 0. The van der Waals surface area contributed by atoms with E-state index in [0.717, 1.165) is 11.3 Å². The van der Waals surface area contributed by atoms with Gasteiger partial charge in [0, 0.05) is 5.69 Å². The minimum atomic E-state index is -0.187. The molecule has 0 aliphatic heterocycles. The third-order valence-corrected chi connectivity index (χ3v) is 2.64. The minimum absolute atomic E-state index is 0.187. The summed E-state index contributed by atoms with van der Waals surface area (Å²) < 4.78 is 5.60. The zero-order valence-corrected chi connectivity index (χ0v) is 11.4. The van der Waals surface area contributed by atoms with Gasteiger partial charge in [-0.3, -0.25) is 4.79 Å². The molecule has 2 aromatic rings. The summed E-state index contributed by atoms with van der Waals surface area (Å²) in [4.78, 5) is 12.3. The lowest BCUT2D eigenvalue weighted by atomic mass is 10.2. The number of amides is 1. The summed E-state index contributed by atoms with van der Waals surface area (Å²) in [5, 5.41) is 2.84. The van der Waals surface area contributed by atoms with E-state index in [2.05, 4.69) is 11.9 Å². The molecule has 1 N–H and O–H groups in total. The normalized spacial score (nSPS) is 9.85. The first kappa shape index (κ1) is 13.9. The van der Waals surface area contributed by atoms with Gasteiger partial charge in [-0.25, -0.2) is 0 Å². The lowest BCUT2D eigenvalue weighted by Crippen LogP contribution is -2.14. The van der Waals surface area contributed by atoms with Crippen molar-refractivity contribution >= 4 is 11.6 Å². The maximum atomic E-state index is 12.3. The molecule has 0 radical (unpaired) electrons. The monoisotopic (exact) mass is 267 g/mol. The smallest absolute Gasteiger partial charge is 0.259 e. The highest BCUT2D eigenvalue weighted by Crippen LogP contribution is 2.20. The number of rotatable bonds is 5. The molecule has 3 nitrogen and oxygen atoms in total. The first-order valence-electron chi connectivity index (χ1n) is 6.39. The molecule has 0 spiro atoms. The molecular weight excluding hydrogens is 250 g/mol. The largest absolute Gasteiger partial charge is 0.488 e. The Hall–Kier alpha value is -2.55. The second kappa shape index (κ2) is 6.57. The Morgan fingerprint density at radius 2 is 1.75 bits per heavy atom. The number of carbonyl (C=O) groups is 1. The van der Waals surface area contributed by atoms with Gasteiger partial charge in [0.15, 0.2) is 0 Å². The number of para-hydroxylation sites is 2. The highest BCUT2D eigenvalue weighted by Gasteiger charge is 2.12. The topological polar surface area (TPSA) is 38.3 Å². The van der Waals surface area contributed by atoms with Crippen LogP contribution in [0.2, 0.25) is 0 Å². The zero-order valence-electron chi connectivity index (χ0n) is 11.4. The number of benzene rings is 2. The van der Waals surface area contributed by atoms with Crippen LogP contribution in [0, 0.1) is 0 Å². The Morgan fingerprint density at radius 3 is 2.45 bits per heavy atom. The van der Waals surface area contributed by atoms with Gasteiger partial charge in [0.25, 0.3) is 5.91 Å². The highest BCUT2D eigenvalue weighted by atomic mass is 16.5. The van der Waals surface area contributed by atoms with E-state index < -0.39 is 0 Å². The maximum Gasteiger partial charge on any atom is 0.259 e. The van der Waals surface area contributed by atoms with E-state index in [9.17, 15) is 4.79 Å². The molecule has 0 aliphatic rings. The molecule has 1 amide bonds. The first-order chi connectivity index (χ1) is 9.66. The van der Waals surface area contributed by atoms with Crippen molar-refractivity contribution in [1.82, 2.24) is 0 Å². The summed E-state index contributed by atoms with van der Waals surface area (Å²) in [5.74, 6) is 0.373. The average molecular weight is 267 g/mol. The SMILES string of the molecule is C=C(C)COc1ccccc1C(=O)Nc1ccccc1. The number of carbonyl (C=O) groups excluding carboxylic acids is 1. The van der Waals surface area contributed by atoms with Crippen molar-refractivity contribution in [3.63, 3.8) is 0 Å². The predicted molar refractivity (Wildman–Crippen MR) is 81.1 cm³/mol. The van der Waals surface area contributed by atoms with Gasteiger partial charge < -0.3 is 10.1 Å². The fourth-order valence-electron chi connectivity index (χ4n) is 1.70. The van der Waals surface area contributed by atoms with Gasteiger partial charge in [-0.2, -0.15) is 0 Å². The van der Waals surface area contributed by atoms with Crippen LogP contribution in [0.1, 0.15) is 17.3 Å². The molecule has 102 valence electrons. The summed E-state index contributed by atoms with van der Waals surface area (Å²) in [6.07, 6.45) is 0. The molecule has 0 heterocycles. The second-order valence-corrected chi connectivity index (χ2v) is 4.56. The van der Waals surface area contributed by atoms with Gasteiger partial charge in [-0.1, -0.05) is 36.9 Å². The Morgan fingerprint density at radius 1 is 1.10 bits per heavy atom. The van der Waals surface area contributed by atoms with E-state index in [1.165, 1.54) is 0 Å². The summed E-state index contributed by atoms with van der Waals surface area (Å²) in [6.45, 7) is 6.07. The standard InChI is InChI=1S/C17H17NO2/c1-13(2)12-20-16-11-7-6-10-15(16)17(19)18-14-8-4-3-5-9-14/h3-11H,1,12H2,2H3,(H,18,19). The predicted octanol–water partition coefficient (Wildman–Crippen LogP) is 3.89. The van der Waals surface area contributed by atoms with Crippen molar-refractivity contribution in [1.29, 1.82) is 0 Å². The lowest BCUT2D eigenvalue weighted by molar-refractivity contribution is 0.102. The Labute approximate surface area is 118 Å². The molecular formula is C17H17NO2. The van der Waals surface area contributed by atoms with E-state index in [1.807, 2.05) is 49.4 Å². The molecule has 3 heteroatoms. The molecule has 20 heavy (non-hydrogen) atoms. The van der Waals surface area contributed by atoms with E-state index in [4.69, 9.17) is 4.74 Å². The van der Waals surface area contributed by atoms with E-state index in [0.29, 0.717) is 17.9 Å². The number of hydrogen-bond acceptors (Lipinski definition) is 2. The van der Waals surface area contributed by atoms with Crippen LogP contribution >= 0.6 is 0 Å². The third-order valence-electron chi connectivity index (χ3n) is 2.64. The molecule has 0 saturated carbocycles. The van der Waals surface area contributed by atoms with Crippen molar-refractivity contribution in [3.8, 4) is 5.75 Å². The Balaban J connectivity index is 2.15. The van der Waals surface area contributed by atoms with Crippen molar-refractivity contribution in [2.75, 3.05) is 11.9 Å². The number of ether oxygens (including phenoxy) is 1. The highest BCUT2D eigenvalue weighted by molar-refractivity contribution is 6.06. The summed E-state index contributed by atoms with van der Waals surface area (Å²) in [6, 6.07) is 16.5. The van der Waals surface area contributed by atoms with Crippen LogP contribution in [0.25, 0.3) is 0 Å². The molecule has 0 saturated heterocycles. The zero-order chi connectivity index (χ0) is 14.4. The van der Waals surface area contributed by atoms with Gasteiger partial charge in [0.2, 0.25) is 0 Å². The lowest BCUT2D eigenvalue weighted by Gasteiger charge is -2.11. The molecule has 0 aliphatic carbocycles. The van der Waals surface area contributed by atoms with E-state index in [1.54, 1.807) is 12.1 Å². The van der Waals surface area contributed by atoms with Crippen LogP contribution in [0.4, 0.5) is 5.69 Å². The number of anilines is 1. The van der Waals surface area contributed by atoms with Gasteiger partial charge in [0.1, 0.15) is 12.4 Å². The molecule has 0 atom stereocenters. The quantitative estimate of drug-likeness (QED) is 0.834. The fraction of sp³-hybridized carbons (Fsp3) is 0.118. The van der Waals surface area contributed by atoms with Gasteiger partial charge in [0.05, 0.1) is 5.56 Å². The Kier molecular flexibility index (Phi) is 4.56. The van der Waals surface area contributed by atoms with Crippen molar-refractivity contribution in [2.24, 2.45) is 0 Å². The Bertz CT molecular complexity index is 605. The molecule has 0 fully saturated rings. The summed E-state index contributed by atoms with van der Waals surface area (Å²) in [5.41, 5.74) is 2.17. The molecule has 0 aromatic heterocycles. The molecule has 0 unspecified atom stereocenters. The van der Waals surface area contributed by atoms with E-state index in [-0.39, 0.29) is 5.91 Å². The number of hydrogen-bond donors (Lipinski definition) is 1. The van der Waals surface area contributed by atoms with Gasteiger partial charge >= 0.3 is 0 Å². The van der Waals surface area contributed by atoms with Crippen LogP contribution in [0.15, 0.2) is 66.7 Å². The van der Waals surface area contributed by atoms with Crippen LogP contribution in [-0.4, -0.2) is 12.5 Å². The maximum absolute atomic E-state index is 12.3. The first-order valence-corrected chi connectivity index (χ1v) is 6.39. The average Bonchev–Trinajstić information content (AvgIpc) is 2.46. The van der Waals surface area contributed by atoms with Crippen molar-refractivity contribution < 1.29 is 9.53 Å². The van der Waals surface area contributed by atoms with Gasteiger partial charge in [-0.15, -0.1) is 0 Å². The fourth-order valence-corrected chi connectivity index (χ4v) is 1.70. The van der Waals surface area contributed by atoms with Crippen LogP contribution in [0.3, 0.4) is 0 Å². The van der Waals surface area contributed by atoms with Crippen LogP contribution in [0.5, 0.6) is 5.75 Å². The van der Waals surface area contributed by atoms with Crippen LogP contribution in [-0.2, 0) is 0 Å². The summed E-state index contributed by atoms with van der Waals surface area (Å²) >= 11 is 0. The van der Waals surface area contributed by atoms with Crippen molar-refractivity contribution in [3.05, 3.63) is 72.3 Å². The second-order valence-electron chi connectivity index (χ2n) is 4.56. The number of nitrogens with one attached hydrogen (secondary N) is 1. The molecule has 2 aromatic carbocycles. The third kappa shape index (κ3) is 3.72. The van der Waals surface area contributed by atoms with E-state index >= 15 is 0 Å². The van der Waals surface area contributed by atoms with Crippen LogP contribution < -0.4 is 10.1 Å². The van der Waals surface area contributed by atoms with Gasteiger partial charge in [-0.05, 0) is 36.8 Å². The van der Waals surface area contributed by atoms with Crippen molar-refractivity contribution in [2.45, 2.75) is 6.92 Å². The molecule has 2 rings (SSSR count). The molecule has 0 bridgehead atoms. The minimum Gasteiger partial charge on any atom is -0.488 e.